The summed E-state index contributed by atoms with van der Waals surface area (Å²) < 4.78 is 0. The average molecular weight is 284 g/mol. The van der Waals surface area contributed by atoms with Crippen molar-refractivity contribution in [1.29, 1.82) is 0 Å². The van der Waals surface area contributed by atoms with E-state index in [0.29, 0.717) is 10.8 Å². The second-order valence-electron chi connectivity index (χ2n) is 5.51. The quantitative estimate of drug-likeness (QED) is 0.796. The van der Waals surface area contributed by atoms with Gasteiger partial charge in [-0.05, 0) is 37.0 Å². The Balaban J connectivity index is 2.69. The monoisotopic (exact) mass is 284 g/mol. The van der Waals surface area contributed by atoms with Crippen LogP contribution in [0.4, 0.5) is 0 Å². The molecule has 0 fully saturated rings. The SMILES string of the molecule is CC(C)CN(CCN(C)C)Cc1ccsc1C(=O)O. The summed E-state index contributed by atoms with van der Waals surface area (Å²) in [5.41, 5.74) is 0.928. The Morgan fingerprint density at radius 3 is 2.58 bits per heavy atom. The highest BCUT2D eigenvalue weighted by atomic mass is 32.1. The standard InChI is InChI=1S/C14H24N2O2S/c1-11(2)9-16(7-6-15(3)4)10-12-5-8-19-13(12)14(17)18/h5,8,11H,6-7,9-10H2,1-4H3,(H,17,18). The molecule has 4 nitrogen and oxygen atoms in total. The smallest absolute Gasteiger partial charge is 0.346 e. The van der Waals surface area contributed by atoms with Crippen molar-refractivity contribution < 1.29 is 9.90 Å². The molecule has 1 aromatic rings. The number of nitrogens with zero attached hydrogens (tertiary/aromatic N) is 2. The number of carboxylic acids is 1. The van der Waals surface area contributed by atoms with E-state index in [1.54, 1.807) is 0 Å². The summed E-state index contributed by atoms with van der Waals surface area (Å²) in [7, 11) is 4.11. The molecule has 0 bridgehead atoms. The van der Waals surface area contributed by atoms with Crippen molar-refractivity contribution in [2.24, 2.45) is 5.92 Å². The maximum Gasteiger partial charge on any atom is 0.346 e. The van der Waals surface area contributed by atoms with Gasteiger partial charge in [-0.1, -0.05) is 13.8 Å². The molecule has 0 atom stereocenters. The summed E-state index contributed by atoms with van der Waals surface area (Å²) in [4.78, 5) is 16.1. The first-order valence-electron chi connectivity index (χ1n) is 6.57. The third-order valence-electron chi connectivity index (χ3n) is 2.82. The number of hydrogen-bond donors (Lipinski definition) is 1. The van der Waals surface area contributed by atoms with Crippen molar-refractivity contribution in [3.63, 3.8) is 0 Å². The third-order valence-corrected chi connectivity index (χ3v) is 3.77. The van der Waals surface area contributed by atoms with Crippen LogP contribution in [0, 0.1) is 5.92 Å². The minimum Gasteiger partial charge on any atom is -0.477 e. The molecule has 0 aliphatic heterocycles. The highest BCUT2D eigenvalue weighted by molar-refractivity contribution is 7.12. The number of thiophene rings is 1. The van der Waals surface area contributed by atoms with E-state index in [4.69, 9.17) is 5.11 Å². The first-order valence-corrected chi connectivity index (χ1v) is 7.45. The first kappa shape index (κ1) is 16.1. The Morgan fingerprint density at radius 1 is 1.37 bits per heavy atom. The van der Waals surface area contributed by atoms with Gasteiger partial charge >= 0.3 is 5.97 Å². The highest BCUT2D eigenvalue weighted by Crippen LogP contribution is 2.19. The van der Waals surface area contributed by atoms with Gasteiger partial charge in [-0.3, -0.25) is 4.90 Å². The number of rotatable bonds is 8. The van der Waals surface area contributed by atoms with E-state index in [1.165, 1.54) is 11.3 Å². The molecule has 0 amide bonds. The zero-order valence-corrected chi connectivity index (χ0v) is 13.0. The van der Waals surface area contributed by atoms with E-state index in [9.17, 15) is 4.79 Å². The minimum atomic E-state index is -0.817. The maximum absolute atomic E-state index is 11.1. The topological polar surface area (TPSA) is 43.8 Å². The van der Waals surface area contributed by atoms with Crippen LogP contribution in [0.3, 0.4) is 0 Å². The predicted octanol–water partition coefficient (Wildman–Crippen LogP) is 2.47. The molecule has 108 valence electrons. The molecular weight excluding hydrogens is 260 g/mol. The fourth-order valence-corrected chi connectivity index (χ4v) is 2.73. The maximum atomic E-state index is 11.1. The van der Waals surface area contributed by atoms with Gasteiger partial charge in [-0.15, -0.1) is 11.3 Å². The molecule has 19 heavy (non-hydrogen) atoms. The van der Waals surface area contributed by atoms with Crippen LogP contribution in [0.2, 0.25) is 0 Å². The summed E-state index contributed by atoms with van der Waals surface area (Å²) >= 11 is 1.31. The van der Waals surface area contributed by atoms with Crippen LogP contribution in [-0.4, -0.2) is 54.6 Å². The van der Waals surface area contributed by atoms with Gasteiger partial charge in [0.25, 0.3) is 0 Å². The lowest BCUT2D eigenvalue weighted by Gasteiger charge is -2.25. The molecule has 0 aromatic carbocycles. The van der Waals surface area contributed by atoms with Crippen LogP contribution in [0.25, 0.3) is 0 Å². The number of carboxylic acid groups (broad SMARTS) is 1. The Labute approximate surface area is 119 Å². The van der Waals surface area contributed by atoms with Crippen molar-refractivity contribution in [2.45, 2.75) is 20.4 Å². The molecule has 1 rings (SSSR count). The molecule has 0 aliphatic carbocycles. The molecule has 0 radical (unpaired) electrons. The van der Waals surface area contributed by atoms with Crippen molar-refractivity contribution in [2.75, 3.05) is 33.7 Å². The van der Waals surface area contributed by atoms with Gasteiger partial charge < -0.3 is 10.0 Å². The normalized spacial score (nSPS) is 11.7. The lowest BCUT2D eigenvalue weighted by atomic mass is 10.1. The molecule has 1 aromatic heterocycles. The van der Waals surface area contributed by atoms with E-state index in [2.05, 4.69) is 37.7 Å². The number of hydrogen-bond acceptors (Lipinski definition) is 4. The predicted molar refractivity (Wildman–Crippen MR) is 79.9 cm³/mol. The average Bonchev–Trinajstić information content (AvgIpc) is 2.73. The Bertz CT molecular complexity index is 402. The summed E-state index contributed by atoms with van der Waals surface area (Å²) in [5, 5.41) is 11.0. The van der Waals surface area contributed by atoms with Gasteiger partial charge in [0.05, 0.1) is 0 Å². The molecule has 1 N–H and O–H groups in total. The van der Waals surface area contributed by atoms with E-state index in [-0.39, 0.29) is 0 Å². The molecule has 0 unspecified atom stereocenters. The van der Waals surface area contributed by atoms with Gasteiger partial charge in [-0.2, -0.15) is 0 Å². The molecule has 0 saturated carbocycles. The van der Waals surface area contributed by atoms with Gasteiger partial charge in [-0.25, -0.2) is 4.79 Å². The zero-order chi connectivity index (χ0) is 14.4. The van der Waals surface area contributed by atoms with E-state index < -0.39 is 5.97 Å². The van der Waals surface area contributed by atoms with Crippen molar-refractivity contribution in [3.05, 3.63) is 21.9 Å². The summed E-state index contributed by atoms with van der Waals surface area (Å²) in [6.07, 6.45) is 0. The van der Waals surface area contributed by atoms with Crippen LogP contribution in [0.5, 0.6) is 0 Å². The largest absolute Gasteiger partial charge is 0.477 e. The molecule has 0 spiro atoms. The Morgan fingerprint density at radius 2 is 2.05 bits per heavy atom. The van der Waals surface area contributed by atoms with Crippen molar-refractivity contribution in [3.8, 4) is 0 Å². The van der Waals surface area contributed by atoms with E-state index in [1.807, 2.05) is 11.4 Å². The molecule has 5 heteroatoms. The van der Waals surface area contributed by atoms with Crippen molar-refractivity contribution in [1.82, 2.24) is 9.80 Å². The zero-order valence-electron chi connectivity index (χ0n) is 12.2. The number of likely N-dealkylation sites (N-methyl/N-ethyl adjacent to an activating group) is 1. The number of aromatic carboxylic acids is 1. The fourth-order valence-electron chi connectivity index (χ4n) is 1.98. The molecule has 1 heterocycles. The van der Waals surface area contributed by atoms with Gasteiger partial charge in [0.1, 0.15) is 4.88 Å². The van der Waals surface area contributed by atoms with Gasteiger partial charge in [0.2, 0.25) is 0 Å². The Kier molecular flexibility index (Phi) is 6.48. The second kappa shape index (κ2) is 7.62. The van der Waals surface area contributed by atoms with Crippen LogP contribution in [0.15, 0.2) is 11.4 Å². The number of carbonyl (C=O) groups is 1. The molecular formula is C14H24N2O2S. The van der Waals surface area contributed by atoms with Crippen molar-refractivity contribution >= 4 is 17.3 Å². The summed E-state index contributed by atoms with van der Waals surface area (Å²) in [5.74, 6) is -0.240. The summed E-state index contributed by atoms with van der Waals surface area (Å²) in [6, 6.07) is 1.93. The van der Waals surface area contributed by atoms with Crippen LogP contribution < -0.4 is 0 Å². The van der Waals surface area contributed by atoms with E-state index >= 15 is 0 Å². The van der Waals surface area contributed by atoms with Gasteiger partial charge in [0.15, 0.2) is 0 Å². The highest BCUT2D eigenvalue weighted by Gasteiger charge is 2.15. The second-order valence-corrected chi connectivity index (χ2v) is 6.43. The van der Waals surface area contributed by atoms with Gasteiger partial charge in [0, 0.05) is 26.2 Å². The fraction of sp³-hybridized carbons (Fsp3) is 0.643. The molecule has 0 saturated heterocycles. The third kappa shape index (κ3) is 5.72. The summed E-state index contributed by atoms with van der Waals surface area (Å²) in [6.45, 7) is 8.03. The first-order chi connectivity index (χ1) is 8.90. The van der Waals surface area contributed by atoms with Crippen LogP contribution >= 0.6 is 11.3 Å². The lowest BCUT2D eigenvalue weighted by Crippen LogP contribution is -2.34. The molecule has 0 aliphatic rings. The lowest BCUT2D eigenvalue weighted by molar-refractivity contribution is 0.0699. The van der Waals surface area contributed by atoms with Crippen LogP contribution in [0.1, 0.15) is 29.1 Å². The van der Waals surface area contributed by atoms with E-state index in [0.717, 1.165) is 31.7 Å². The Hall–Kier alpha value is -0.910. The minimum absolute atomic E-state index is 0.471. The van der Waals surface area contributed by atoms with Crippen LogP contribution in [-0.2, 0) is 6.54 Å².